The minimum absolute atomic E-state index is 0.0987. The van der Waals surface area contributed by atoms with E-state index in [-0.39, 0.29) is 12.8 Å². The number of esters is 2. The third-order valence-electron chi connectivity index (χ3n) is 10.5. The maximum absolute atomic E-state index is 12.8. The number of hydrogen-bond acceptors (Lipinski definition) is 12. The Balaban J connectivity index is 2.41. The first-order chi connectivity index (χ1) is 27.9. The van der Waals surface area contributed by atoms with Crippen molar-refractivity contribution in [3.8, 4) is 0 Å². The SMILES string of the molecule is CCCCC/C=C/C/C=C/CCCCCCCCCCCC(=O)OC[C@@H](COP(=O)(O)OC1C(O)C(O)C(O)[C@H](O)C1O)OC(=O)CCCCCCCCCCCC. The fourth-order valence-corrected chi connectivity index (χ4v) is 7.82. The molecule has 1 saturated carbocycles. The lowest BCUT2D eigenvalue weighted by Gasteiger charge is -2.41. The summed E-state index contributed by atoms with van der Waals surface area (Å²) in [5.74, 6) is -1.10. The number of allylic oxidation sites excluding steroid dienone is 4. The Morgan fingerprint density at radius 2 is 0.931 bits per heavy atom. The molecule has 0 amide bonds. The second-order valence-electron chi connectivity index (χ2n) is 15.9. The van der Waals surface area contributed by atoms with E-state index in [1.165, 1.54) is 83.5 Å². The smallest absolute Gasteiger partial charge is 0.462 e. The summed E-state index contributed by atoms with van der Waals surface area (Å²) in [6.07, 6.45) is 23.9. The topological polar surface area (TPSA) is 210 Å². The van der Waals surface area contributed by atoms with E-state index in [0.717, 1.165) is 64.2 Å². The molecule has 0 aliphatic heterocycles. The van der Waals surface area contributed by atoms with Crippen molar-refractivity contribution in [1.29, 1.82) is 0 Å². The fraction of sp³-hybridized carbons (Fsp3) is 0.864. The third kappa shape index (κ3) is 27.2. The van der Waals surface area contributed by atoms with Crippen molar-refractivity contribution in [3.05, 3.63) is 24.3 Å². The van der Waals surface area contributed by atoms with Crippen LogP contribution in [0.1, 0.15) is 187 Å². The van der Waals surface area contributed by atoms with Gasteiger partial charge >= 0.3 is 19.8 Å². The lowest BCUT2D eigenvalue weighted by Crippen LogP contribution is -2.64. The number of carbonyl (C=O) groups is 2. The molecule has 14 heteroatoms. The highest BCUT2D eigenvalue weighted by atomic mass is 31.2. The number of rotatable bonds is 37. The van der Waals surface area contributed by atoms with Gasteiger partial charge in [0.1, 0.15) is 43.2 Å². The Labute approximate surface area is 349 Å². The quantitative estimate of drug-likeness (QED) is 0.0150. The molecular formula is C44H81O13P. The van der Waals surface area contributed by atoms with Crippen molar-refractivity contribution in [2.24, 2.45) is 0 Å². The van der Waals surface area contributed by atoms with Crippen molar-refractivity contribution in [3.63, 3.8) is 0 Å². The predicted octanol–water partition coefficient (Wildman–Crippen LogP) is 8.45. The summed E-state index contributed by atoms with van der Waals surface area (Å²) in [4.78, 5) is 35.6. The normalized spacial score (nSPS) is 22.7. The van der Waals surface area contributed by atoms with Gasteiger partial charge in [-0.25, -0.2) is 4.57 Å². The first-order valence-electron chi connectivity index (χ1n) is 22.6. The summed E-state index contributed by atoms with van der Waals surface area (Å²) >= 11 is 0. The van der Waals surface area contributed by atoms with Crippen LogP contribution in [0.3, 0.4) is 0 Å². The van der Waals surface area contributed by atoms with Crippen molar-refractivity contribution in [1.82, 2.24) is 0 Å². The number of hydrogen-bond donors (Lipinski definition) is 6. The molecule has 1 aliphatic rings. The molecule has 0 heterocycles. The van der Waals surface area contributed by atoms with Gasteiger partial charge in [0.2, 0.25) is 0 Å². The summed E-state index contributed by atoms with van der Waals surface area (Å²) in [6, 6.07) is 0. The van der Waals surface area contributed by atoms with Gasteiger partial charge in [-0.05, 0) is 44.9 Å². The van der Waals surface area contributed by atoms with Crippen LogP contribution < -0.4 is 0 Å². The van der Waals surface area contributed by atoms with E-state index in [1.807, 2.05) is 0 Å². The number of phosphoric ester groups is 1. The van der Waals surface area contributed by atoms with Crippen molar-refractivity contribution < 1.29 is 63.1 Å². The highest BCUT2D eigenvalue weighted by molar-refractivity contribution is 7.47. The van der Waals surface area contributed by atoms with E-state index < -0.39 is 75.7 Å². The summed E-state index contributed by atoms with van der Waals surface area (Å²) in [7, 11) is -5.11. The van der Waals surface area contributed by atoms with Crippen molar-refractivity contribution in [2.45, 2.75) is 230 Å². The molecule has 0 radical (unpaired) electrons. The summed E-state index contributed by atoms with van der Waals surface area (Å²) in [5, 5.41) is 50.0. The zero-order valence-electron chi connectivity index (χ0n) is 35.8. The van der Waals surface area contributed by atoms with E-state index in [2.05, 4.69) is 38.2 Å². The summed E-state index contributed by atoms with van der Waals surface area (Å²) in [6.45, 7) is 3.25. The lowest BCUT2D eigenvalue weighted by molar-refractivity contribution is -0.220. The van der Waals surface area contributed by atoms with Crippen LogP contribution in [0.4, 0.5) is 0 Å². The van der Waals surface area contributed by atoms with Crippen LogP contribution in [0.5, 0.6) is 0 Å². The first-order valence-corrected chi connectivity index (χ1v) is 24.1. The number of carbonyl (C=O) groups excluding carboxylic acids is 2. The van der Waals surface area contributed by atoms with Crippen LogP contribution in [-0.2, 0) is 32.7 Å². The van der Waals surface area contributed by atoms with E-state index in [0.29, 0.717) is 12.8 Å². The molecule has 0 bridgehead atoms. The van der Waals surface area contributed by atoms with Crippen LogP contribution >= 0.6 is 7.82 Å². The van der Waals surface area contributed by atoms with Crippen LogP contribution in [0.25, 0.3) is 0 Å². The van der Waals surface area contributed by atoms with Crippen molar-refractivity contribution >= 4 is 19.8 Å². The highest BCUT2D eigenvalue weighted by Crippen LogP contribution is 2.47. The molecule has 1 fully saturated rings. The van der Waals surface area contributed by atoms with Gasteiger partial charge < -0.3 is 39.9 Å². The number of unbranched alkanes of at least 4 members (excludes halogenated alkanes) is 21. The molecule has 6 N–H and O–H groups in total. The van der Waals surface area contributed by atoms with E-state index >= 15 is 0 Å². The fourth-order valence-electron chi connectivity index (χ4n) is 6.85. The zero-order chi connectivity index (χ0) is 42.9. The zero-order valence-corrected chi connectivity index (χ0v) is 36.7. The second kappa shape index (κ2) is 35.0. The van der Waals surface area contributed by atoms with Crippen LogP contribution in [-0.4, -0.2) is 98.3 Å². The van der Waals surface area contributed by atoms with E-state index in [1.54, 1.807) is 0 Å². The molecule has 6 unspecified atom stereocenters. The van der Waals surface area contributed by atoms with Gasteiger partial charge in [0.05, 0.1) is 6.61 Å². The Kier molecular flexibility index (Phi) is 32.8. The molecule has 1 aliphatic carbocycles. The van der Waals surface area contributed by atoms with Gasteiger partial charge in [-0.1, -0.05) is 154 Å². The lowest BCUT2D eigenvalue weighted by atomic mass is 9.85. The van der Waals surface area contributed by atoms with Crippen LogP contribution in [0, 0.1) is 0 Å². The van der Waals surface area contributed by atoms with Crippen molar-refractivity contribution in [2.75, 3.05) is 13.2 Å². The minimum Gasteiger partial charge on any atom is -0.462 e. The number of aliphatic hydroxyl groups is 5. The molecule has 0 saturated heterocycles. The van der Waals surface area contributed by atoms with E-state index in [4.69, 9.17) is 18.5 Å². The van der Waals surface area contributed by atoms with Gasteiger partial charge in [0, 0.05) is 12.8 Å². The molecule has 8 atom stereocenters. The van der Waals surface area contributed by atoms with Gasteiger partial charge in [0.25, 0.3) is 0 Å². The van der Waals surface area contributed by atoms with Crippen LogP contribution in [0.2, 0.25) is 0 Å². The molecule has 1 rings (SSSR count). The molecule has 58 heavy (non-hydrogen) atoms. The summed E-state index contributed by atoms with van der Waals surface area (Å²) in [5.41, 5.74) is 0. The number of ether oxygens (including phenoxy) is 2. The third-order valence-corrected chi connectivity index (χ3v) is 11.5. The maximum Gasteiger partial charge on any atom is 0.472 e. The molecule has 0 aromatic carbocycles. The average Bonchev–Trinajstić information content (AvgIpc) is 3.20. The van der Waals surface area contributed by atoms with Gasteiger partial charge in [-0.15, -0.1) is 0 Å². The molecule has 340 valence electrons. The second-order valence-corrected chi connectivity index (χ2v) is 17.3. The highest BCUT2D eigenvalue weighted by Gasteiger charge is 2.51. The molecule has 0 aromatic heterocycles. The molecular weight excluding hydrogens is 767 g/mol. The minimum atomic E-state index is -5.11. The Morgan fingerprint density at radius 1 is 0.534 bits per heavy atom. The van der Waals surface area contributed by atoms with Gasteiger partial charge in [0.15, 0.2) is 6.10 Å². The average molecular weight is 849 g/mol. The molecule has 0 aromatic rings. The van der Waals surface area contributed by atoms with Gasteiger partial charge in [-0.2, -0.15) is 0 Å². The van der Waals surface area contributed by atoms with E-state index in [9.17, 15) is 44.6 Å². The summed E-state index contributed by atoms with van der Waals surface area (Å²) < 4.78 is 33.4. The number of aliphatic hydroxyl groups excluding tert-OH is 5. The predicted molar refractivity (Wildman–Crippen MR) is 226 cm³/mol. The standard InChI is InChI=1S/C44H81O13P/c1-3-5-7-9-11-13-15-16-17-18-19-20-21-22-23-25-26-28-30-32-37(45)54-34-36(56-38(46)33-31-29-27-24-14-12-10-8-6-4-2)35-55-58(52,53)57-44-42(50)40(48)39(47)41(49)43(44)51/h11,13,16-17,36,39-44,47-51H,3-10,12,14-15,18-35H2,1-2H3,(H,52,53)/b13-11+,17-16+/t36-,39?,40-,41?,42?,43?,44?/m0/s1. The Morgan fingerprint density at radius 3 is 1.43 bits per heavy atom. The van der Waals surface area contributed by atoms with Gasteiger partial charge in [-0.3, -0.25) is 18.6 Å². The Bertz CT molecular complexity index is 1120. The Hall–Kier alpha value is -1.67. The largest absolute Gasteiger partial charge is 0.472 e. The first kappa shape index (κ1) is 54.3. The maximum atomic E-state index is 12.8. The molecule has 13 nitrogen and oxygen atoms in total. The van der Waals surface area contributed by atoms with Crippen LogP contribution in [0.15, 0.2) is 24.3 Å². The monoisotopic (exact) mass is 849 g/mol. The number of phosphoric acid groups is 1. The molecule has 0 spiro atoms.